The van der Waals surface area contributed by atoms with Gasteiger partial charge in [-0.15, -0.1) is 0 Å². The molecule has 1 amide bonds. The molecule has 4 heteroatoms. The Hall–Kier alpha value is -0.900. The van der Waals surface area contributed by atoms with Gasteiger partial charge >= 0.3 is 0 Å². The van der Waals surface area contributed by atoms with Crippen molar-refractivity contribution in [1.29, 1.82) is 0 Å². The van der Waals surface area contributed by atoms with Crippen LogP contribution in [0.4, 0.5) is 0 Å². The van der Waals surface area contributed by atoms with Gasteiger partial charge in [0.1, 0.15) is 5.78 Å². The summed E-state index contributed by atoms with van der Waals surface area (Å²) in [7, 11) is 0. The van der Waals surface area contributed by atoms with Crippen LogP contribution in [0, 0.1) is 40.4 Å². The molecule has 4 aliphatic rings. The maximum absolute atomic E-state index is 12.3. The first-order valence-electron chi connectivity index (χ1n) is 12.2. The van der Waals surface area contributed by atoms with Crippen molar-refractivity contribution >= 4 is 11.7 Å². The third-order valence-electron chi connectivity index (χ3n) is 10.1. The number of carbonyl (C=O) groups excluding carboxylic acids is 2. The van der Waals surface area contributed by atoms with Crippen LogP contribution in [0.15, 0.2) is 0 Å². The molecule has 3 N–H and O–H groups in total. The van der Waals surface area contributed by atoms with E-state index in [0.717, 1.165) is 51.4 Å². The molecule has 3 unspecified atom stereocenters. The number of ketones is 1. The van der Waals surface area contributed by atoms with E-state index in [0.29, 0.717) is 47.2 Å². The highest BCUT2D eigenvalue weighted by molar-refractivity contribution is 5.79. The van der Waals surface area contributed by atoms with Crippen LogP contribution in [0.3, 0.4) is 0 Å². The lowest BCUT2D eigenvalue weighted by Crippen LogP contribution is -2.57. The number of hydrogen-bond acceptors (Lipinski definition) is 3. The summed E-state index contributed by atoms with van der Waals surface area (Å²) in [6, 6.07) is 0. The second kappa shape index (κ2) is 7.98. The molecule has 0 aliphatic heterocycles. The third-order valence-corrected chi connectivity index (χ3v) is 10.1. The van der Waals surface area contributed by atoms with E-state index in [9.17, 15) is 14.7 Å². The largest absolute Gasteiger partial charge is 0.393 e. The SMILES string of the molecule is C[C@]12CCC(=O)CC1CC(CCCCCC(N)=O)[C@@H]1[C@H]2CC[C@]2(C)C(O)CC[C@@H]12. The summed E-state index contributed by atoms with van der Waals surface area (Å²) in [4.78, 5) is 23.3. The lowest BCUT2D eigenvalue weighted by molar-refractivity contribution is -0.156. The van der Waals surface area contributed by atoms with Gasteiger partial charge in [-0.1, -0.05) is 33.1 Å². The fourth-order valence-corrected chi connectivity index (χ4v) is 8.37. The zero-order valence-corrected chi connectivity index (χ0v) is 18.5. The Labute approximate surface area is 176 Å². The van der Waals surface area contributed by atoms with Crippen molar-refractivity contribution in [2.24, 2.45) is 46.2 Å². The van der Waals surface area contributed by atoms with Crippen molar-refractivity contribution < 1.29 is 14.7 Å². The van der Waals surface area contributed by atoms with Crippen LogP contribution < -0.4 is 5.73 Å². The van der Waals surface area contributed by atoms with Crippen LogP contribution in [0.1, 0.15) is 97.3 Å². The molecule has 0 aromatic heterocycles. The first kappa shape index (κ1) is 21.3. The van der Waals surface area contributed by atoms with Crippen LogP contribution in [-0.2, 0) is 9.59 Å². The van der Waals surface area contributed by atoms with Crippen molar-refractivity contribution in [3.63, 3.8) is 0 Å². The molecule has 0 heterocycles. The second-order valence-corrected chi connectivity index (χ2v) is 11.4. The minimum absolute atomic E-state index is 0.0963. The Balaban J connectivity index is 1.54. The number of hydrogen-bond donors (Lipinski definition) is 2. The second-order valence-electron chi connectivity index (χ2n) is 11.4. The molecule has 0 spiro atoms. The van der Waals surface area contributed by atoms with Crippen LogP contribution in [0.2, 0.25) is 0 Å². The van der Waals surface area contributed by atoms with E-state index < -0.39 is 0 Å². The molecule has 0 bridgehead atoms. The fourth-order valence-electron chi connectivity index (χ4n) is 8.37. The first-order valence-corrected chi connectivity index (χ1v) is 12.2. The molecule has 29 heavy (non-hydrogen) atoms. The van der Waals surface area contributed by atoms with Crippen LogP contribution >= 0.6 is 0 Å². The number of rotatable bonds is 6. The zero-order chi connectivity index (χ0) is 20.8. The van der Waals surface area contributed by atoms with Gasteiger partial charge in [-0.3, -0.25) is 9.59 Å². The molecule has 4 rings (SSSR count). The molecule has 164 valence electrons. The van der Waals surface area contributed by atoms with Crippen LogP contribution in [0.25, 0.3) is 0 Å². The minimum atomic E-state index is -0.192. The van der Waals surface area contributed by atoms with Gasteiger partial charge in [0.2, 0.25) is 5.91 Å². The monoisotopic (exact) mass is 403 g/mol. The summed E-state index contributed by atoms with van der Waals surface area (Å²) in [6.45, 7) is 4.85. The van der Waals surface area contributed by atoms with Crippen molar-refractivity contribution in [2.45, 2.75) is 103 Å². The predicted molar refractivity (Wildman–Crippen MR) is 114 cm³/mol. The van der Waals surface area contributed by atoms with Crippen molar-refractivity contribution in [1.82, 2.24) is 0 Å². The Bertz CT molecular complexity index is 648. The van der Waals surface area contributed by atoms with Gasteiger partial charge in [0.05, 0.1) is 6.10 Å². The highest BCUT2D eigenvalue weighted by atomic mass is 16.3. The van der Waals surface area contributed by atoms with Gasteiger partial charge in [-0.2, -0.15) is 0 Å². The zero-order valence-electron chi connectivity index (χ0n) is 18.5. The summed E-state index contributed by atoms with van der Waals surface area (Å²) in [6.07, 6.45) is 13.1. The molecule has 0 aromatic carbocycles. The van der Waals surface area contributed by atoms with Crippen LogP contribution in [0.5, 0.6) is 0 Å². The average molecular weight is 404 g/mol. The molecule has 4 nitrogen and oxygen atoms in total. The molecular weight excluding hydrogens is 362 g/mol. The Kier molecular flexibility index (Phi) is 5.87. The van der Waals surface area contributed by atoms with Gasteiger partial charge in [-0.05, 0) is 85.4 Å². The molecule has 4 saturated carbocycles. The highest BCUT2D eigenvalue weighted by Crippen LogP contribution is 2.67. The molecule has 0 saturated heterocycles. The number of nitrogens with two attached hydrogens (primary N) is 1. The van der Waals surface area contributed by atoms with E-state index >= 15 is 0 Å². The van der Waals surface area contributed by atoms with Gasteiger partial charge in [-0.25, -0.2) is 0 Å². The third kappa shape index (κ3) is 3.68. The number of amides is 1. The summed E-state index contributed by atoms with van der Waals surface area (Å²) in [5.41, 5.74) is 5.71. The Morgan fingerprint density at radius 3 is 2.59 bits per heavy atom. The first-order chi connectivity index (χ1) is 13.8. The van der Waals surface area contributed by atoms with Gasteiger partial charge in [0, 0.05) is 19.3 Å². The maximum atomic E-state index is 12.3. The summed E-state index contributed by atoms with van der Waals surface area (Å²) in [5, 5.41) is 10.8. The predicted octanol–water partition coefficient (Wildman–Crippen LogP) is 4.62. The van der Waals surface area contributed by atoms with Crippen molar-refractivity contribution in [2.75, 3.05) is 0 Å². The number of fused-ring (bicyclic) bond motifs is 5. The van der Waals surface area contributed by atoms with Crippen LogP contribution in [-0.4, -0.2) is 22.9 Å². The van der Waals surface area contributed by atoms with E-state index in [4.69, 9.17) is 5.73 Å². The molecule has 0 radical (unpaired) electrons. The quantitative estimate of drug-likeness (QED) is 0.635. The Morgan fingerprint density at radius 2 is 1.83 bits per heavy atom. The van der Waals surface area contributed by atoms with Crippen molar-refractivity contribution in [3.8, 4) is 0 Å². The van der Waals surface area contributed by atoms with E-state index in [1.54, 1.807) is 0 Å². The number of aliphatic hydroxyl groups excluding tert-OH is 1. The summed E-state index contributed by atoms with van der Waals surface area (Å²) >= 11 is 0. The fraction of sp³-hybridized carbons (Fsp3) is 0.920. The number of unbranched alkanes of at least 4 members (excludes halogenated alkanes) is 2. The average Bonchev–Trinajstić information content (AvgIpc) is 2.97. The van der Waals surface area contributed by atoms with E-state index in [1.165, 1.54) is 25.7 Å². The standard InChI is InChI=1S/C25H41NO3/c1-24-12-10-18(27)15-17(24)14-16(6-4-3-5-7-22(26)29)23-19-8-9-21(28)25(19,2)13-11-20(23)24/h16-17,19-21,23,28H,3-15H2,1-2H3,(H2,26,29)/t16?,17?,19-,20+,21?,23-,24-,25-/m0/s1. The Morgan fingerprint density at radius 1 is 1.07 bits per heavy atom. The molecule has 4 aliphatic carbocycles. The smallest absolute Gasteiger partial charge is 0.217 e. The summed E-state index contributed by atoms with van der Waals surface area (Å²) in [5.74, 6) is 3.57. The lowest BCUT2D eigenvalue weighted by atomic mass is 9.42. The van der Waals surface area contributed by atoms with Gasteiger partial charge in [0.15, 0.2) is 0 Å². The molecular formula is C25H41NO3. The number of Topliss-reactive ketones (excluding diaryl/α,β-unsaturated/α-hetero) is 1. The number of primary amides is 1. The van der Waals surface area contributed by atoms with E-state index in [2.05, 4.69) is 13.8 Å². The molecule has 4 fully saturated rings. The maximum Gasteiger partial charge on any atom is 0.217 e. The topological polar surface area (TPSA) is 80.4 Å². The van der Waals surface area contributed by atoms with Gasteiger partial charge in [0.25, 0.3) is 0 Å². The molecule has 8 atom stereocenters. The molecule has 0 aromatic rings. The van der Waals surface area contributed by atoms with E-state index in [1.807, 2.05) is 0 Å². The van der Waals surface area contributed by atoms with Crippen molar-refractivity contribution in [3.05, 3.63) is 0 Å². The van der Waals surface area contributed by atoms with Gasteiger partial charge < -0.3 is 10.8 Å². The summed E-state index contributed by atoms with van der Waals surface area (Å²) < 4.78 is 0. The number of carbonyl (C=O) groups is 2. The normalized spacial score (nSPS) is 46.7. The van der Waals surface area contributed by atoms with E-state index in [-0.39, 0.29) is 17.4 Å². The highest BCUT2D eigenvalue weighted by Gasteiger charge is 2.62. The lowest BCUT2D eigenvalue weighted by Gasteiger charge is -2.62. The minimum Gasteiger partial charge on any atom is -0.393 e. The number of aliphatic hydroxyl groups is 1.